The van der Waals surface area contributed by atoms with E-state index in [4.69, 9.17) is 9.26 Å². The number of rotatable bonds is 3. The summed E-state index contributed by atoms with van der Waals surface area (Å²) in [5, 5.41) is 7.39. The number of aryl methyl sites for hydroxylation is 1. The number of nitrogens with zero attached hydrogens (tertiary/aromatic N) is 2. The number of nitrogens with one attached hydrogen (secondary N) is 1. The molecule has 0 saturated carbocycles. The molecular formula is C14H24ClN3O2. The molecule has 1 aromatic heterocycles. The summed E-state index contributed by atoms with van der Waals surface area (Å²) in [6.07, 6.45) is 6.26. The second kappa shape index (κ2) is 6.87. The zero-order valence-corrected chi connectivity index (χ0v) is 12.9. The minimum absolute atomic E-state index is 0. The Labute approximate surface area is 126 Å². The zero-order chi connectivity index (χ0) is 13.1. The molecule has 2 aliphatic rings. The van der Waals surface area contributed by atoms with Crippen LogP contribution in [0.5, 0.6) is 0 Å². The smallest absolute Gasteiger partial charge is 0.226 e. The maximum Gasteiger partial charge on any atom is 0.226 e. The van der Waals surface area contributed by atoms with E-state index >= 15 is 0 Å². The molecule has 114 valence electrons. The molecule has 3 heterocycles. The van der Waals surface area contributed by atoms with Crippen molar-refractivity contribution < 1.29 is 9.26 Å². The first-order chi connectivity index (χ1) is 9.30. The second-order valence-corrected chi connectivity index (χ2v) is 5.80. The van der Waals surface area contributed by atoms with Gasteiger partial charge < -0.3 is 14.6 Å². The van der Waals surface area contributed by atoms with Crippen LogP contribution in [0.2, 0.25) is 0 Å². The third kappa shape index (κ3) is 3.51. The van der Waals surface area contributed by atoms with E-state index in [0.29, 0.717) is 5.92 Å². The summed E-state index contributed by atoms with van der Waals surface area (Å²) >= 11 is 0. The molecule has 2 aliphatic heterocycles. The predicted molar refractivity (Wildman–Crippen MR) is 78.1 cm³/mol. The van der Waals surface area contributed by atoms with Crippen LogP contribution >= 0.6 is 12.4 Å². The van der Waals surface area contributed by atoms with Crippen molar-refractivity contribution in [2.45, 2.75) is 51.0 Å². The Balaban J connectivity index is 0.00000147. The number of hydrogen-bond acceptors (Lipinski definition) is 5. The maximum atomic E-state index is 6.09. The van der Waals surface area contributed by atoms with E-state index in [1.54, 1.807) is 0 Å². The summed E-state index contributed by atoms with van der Waals surface area (Å²) in [7, 11) is 0. The first-order valence-electron chi connectivity index (χ1n) is 7.46. The van der Waals surface area contributed by atoms with Crippen molar-refractivity contribution >= 4 is 12.4 Å². The molecule has 6 heteroatoms. The Morgan fingerprint density at radius 3 is 2.85 bits per heavy atom. The topological polar surface area (TPSA) is 60.2 Å². The lowest BCUT2D eigenvalue weighted by Crippen LogP contribution is -2.48. The van der Waals surface area contributed by atoms with Gasteiger partial charge in [-0.25, -0.2) is 0 Å². The van der Waals surface area contributed by atoms with E-state index in [0.717, 1.165) is 69.9 Å². The van der Waals surface area contributed by atoms with Crippen molar-refractivity contribution in [2.24, 2.45) is 5.92 Å². The molecule has 0 amide bonds. The van der Waals surface area contributed by atoms with Gasteiger partial charge in [0.25, 0.3) is 0 Å². The SMILES string of the molecule is CCc1noc(CC2CCOC3(CCNCC3)C2)n1.Cl. The maximum absolute atomic E-state index is 6.09. The molecular weight excluding hydrogens is 278 g/mol. The Morgan fingerprint density at radius 2 is 2.15 bits per heavy atom. The highest BCUT2D eigenvalue weighted by molar-refractivity contribution is 5.85. The van der Waals surface area contributed by atoms with Crippen LogP contribution in [-0.2, 0) is 17.6 Å². The molecule has 0 aliphatic carbocycles. The average molecular weight is 302 g/mol. The first-order valence-corrected chi connectivity index (χ1v) is 7.46. The molecule has 3 rings (SSSR count). The summed E-state index contributed by atoms with van der Waals surface area (Å²) in [4.78, 5) is 4.43. The van der Waals surface area contributed by atoms with Crippen LogP contribution < -0.4 is 5.32 Å². The van der Waals surface area contributed by atoms with Gasteiger partial charge in [-0.1, -0.05) is 12.1 Å². The average Bonchev–Trinajstić information content (AvgIpc) is 2.87. The van der Waals surface area contributed by atoms with Crippen LogP contribution in [0.15, 0.2) is 4.52 Å². The fourth-order valence-corrected chi connectivity index (χ4v) is 3.30. The minimum Gasteiger partial charge on any atom is -0.375 e. The molecule has 5 nitrogen and oxygen atoms in total. The van der Waals surface area contributed by atoms with Gasteiger partial charge in [0.15, 0.2) is 5.82 Å². The van der Waals surface area contributed by atoms with E-state index in [-0.39, 0.29) is 18.0 Å². The van der Waals surface area contributed by atoms with E-state index in [1.165, 1.54) is 0 Å². The Hall–Kier alpha value is -0.650. The van der Waals surface area contributed by atoms with Gasteiger partial charge in [0.05, 0.1) is 5.60 Å². The van der Waals surface area contributed by atoms with Crippen LogP contribution in [0, 0.1) is 5.92 Å². The van der Waals surface area contributed by atoms with E-state index in [2.05, 4.69) is 15.5 Å². The number of halogens is 1. The van der Waals surface area contributed by atoms with Crippen molar-refractivity contribution in [3.05, 3.63) is 11.7 Å². The molecule has 2 fully saturated rings. The summed E-state index contributed by atoms with van der Waals surface area (Å²) in [6, 6.07) is 0. The molecule has 1 unspecified atom stereocenters. The van der Waals surface area contributed by atoms with Crippen LogP contribution in [0.3, 0.4) is 0 Å². The molecule has 1 spiro atoms. The van der Waals surface area contributed by atoms with Crippen molar-refractivity contribution in [1.29, 1.82) is 0 Å². The van der Waals surface area contributed by atoms with Gasteiger partial charge in [0.1, 0.15) is 0 Å². The highest BCUT2D eigenvalue weighted by Crippen LogP contribution is 2.37. The van der Waals surface area contributed by atoms with Gasteiger partial charge in [-0.05, 0) is 44.7 Å². The first kappa shape index (κ1) is 15.7. The quantitative estimate of drug-likeness (QED) is 0.927. The molecule has 1 aromatic rings. The third-order valence-electron chi connectivity index (χ3n) is 4.40. The molecule has 20 heavy (non-hydrogen) atoms. The molecule has 2 saturated heterocycles. The second-order valence-electron chi connectivity index (χ2n) is 5.80. The van der Waals surface area contributed by atoms with Gasteiger partial charge in [-0.3, -0.25) is 0 Å². The van der Waals surface area contributed by atoms with Crippen LogP contribution in [0.4, 0.5) is 0 Å². The predicted octanol–water partition coefficient (Wildman–Crippen LogP) is 2.15. The van der Waals surface area contributed by atoms with Crippen molar-refractivity contribution in [2.75, 3.05) is 19.7 Å². The summed E-state index contributed by atoms with van der Waals surface area (Å²) in [5.41, 5.74) is 0.113. The van der Waals surface area contributed by atoms with Crippen LogP contribution in [0.25, 0.3) is 0 Å². The highest BCUT2D eigenvalue weighted by atomic mass is 35.5. The molecule has 0 aromatic carbocycles. The monoisotopic (exact) mass is 301 g/mol. The van der Waals surface area contributed by atoms with Gasteiger partial charge in [-0.15, -0.1) is 12.4 Å². The fraction of sp³-hybridized carbons (Fsp3) is 0.857. The van der Waals surface area contributed by atoms with Crippen LogP contribution in [0.1, 0.15) is 44.3 Å². The number of hydrogen-bond donors (Lipinski definition) is 1. The number of ether oxygens (including phenoxy) is 1. The molecule has 1 atom stereocenters. The summed E-state index contributed by atoms with van der Waals surface area (Å²) in [5.74, 6) is 2.24. The fourth-order valence-electron chi connectivity index (χ4n) is 3.30. The Morgan fingerprint density at radius 1 is 1.35 bits per heavy atom. The van der Waals surface area contributed by atoms with Crippen LogP contribution in [-0.4, -0.2) is 35.4 Å². The normalized spacial score (nSPS) is 25.4. The van der Waals surface area contributed by atoms with E-state index < -0.39 is 0 Å². The van der Waals surface area contributed by atoms with Crippen molar-refractivity contribution in [3.8, 4) is 0 Å². The number of piperidine rings is 1. The standard InChI is InChI=1S/C14H23N3O2.ClH/c1-2-12-16-13(19-17-12)9-11-3-8-18-14(10-11)4-6-15-7-5-14;/h11,15H,2-10H2,1H3;1H. The van der Waals surface area contributed by atoms with Gasteiger partial charge in [0, 0.05) is 19.4 Å². The van der Waals surface area contributed by atoms with E-state index in [9.17, 15) is 0 Å². The zero-order valence-electron chi connectivity index (χ0n) is 12.1. The largest absolute Gasteiger partial charge is 0.375 e. The summed E-state index contributed by atoms with van der Waals surface area (Å²) < 4.78 is 11.4. The van der Waals surface area contributed by atoms with Crippen molar-refractivity contribution in [3.63, 3.8) is 0 Å². The molecule has 0 bridgehead atoms. The third-order valence-corrected chi connectivity index (χ3v) is 4.40. The highest BCUT2D eigenvalue weighted by Gasteiger charge is 2.38. The Bertz CT molecular complexity index is 413. The van der Waals surface area contributed by atoms with Crippen molar-refractivity contribution in [1.82, 2.24) is 15.5 Å². The van der Waals surface area contributed by atoms with Gasteiger partial charge in [-0.2, -0.15) is 4.98 Å². The molecule has 0 radical (unpaired) electrons. The lowest BCUT2D eigenvalue weighted by Gasteiger charge is -2.43. The lowest BCUT2D eigenvalue weighted by atomic mass is 9.79. The van der Waals surface area contributed by atoms with Gasteiger partial charge in [0.2, 0.25) is 5.89 Å². The number of aromatic nitrogens is 2. The minimum atomic E-state index is 0. The summed E-state index contributed by atoms with van der Waals surface area (Å²) in [6.45, 7) is 5.08. The lowest BCUT2D eigenvalue weighted by molar-refractivity contribution is -0.114. The van der Waals surface area contributed by atoms with Gasteiger partial charge >= 0.3 is 0 Å². The Kier molecular flexibility index (Phi) is 5.41. The van der Waals surface area contributed by atoms with E-state index in [1.807, 2.05) is 6.92 Å². The molecule has 1 N–H and O–H groups in total.